The molecule has 0 aliphatic rings. The number of anilines is 1. The van der Waals surface area contributed by atoms with E-state index in [2.05, 4.69) is 10.3 Å². The zero-order valence-electron chi connectivity index (χ0n) is 15.0. The summed E-state index contributed by atoms with van der Waals surface area (Å²) >= 11 is 0. The van der Waals surface area contributed by atoms with Crippen LogP contribution in [0.1, 0.15) is 24.2 Å². The molecule has 0 saturated carbocycles. The van der Waals surface area contributed by atoms with Crippen molar-refractivity contribution >= 4 is 11.6 Å². The maximum atomic E-state index is 12.4. The van der Waals surface area contributed by atoms with E-state index in [9.17, 15) is 4.79 Å². The van der Waals surface area contributed by atoms with Gasteiger partial charge in [0.1, 0.15) is 0 Å². The van der Waals surface area contributed by atoms with Gasteiger partial charge in [-0.3, -0.25) is 4.79 Å². The lowest BCUT2D eigenvalue weighted by atomic mass is 10.2. The molecule has 0 bridgehead atoms. The van der Waals surface area contributed by atoms with E-state index in [0.29, 0.717) is 34.4 Å². The summed E-state index contributed by atoms with van der Waals surface area (Å²) < 4.78 is 21.3. The molecule has 2 aromatic rings. The number of hydrogen-bond acceptors (Lipinski definition) is 6. The van der Waals surface area contributed by atoms with Crippen LogP contribution in [-0.4, -0.2) is 38.3 Å². The van der Waals surface area contributed by atoms with Crippen LogP contribution in [0.25, 0.3) is 0 Å². The van der Waals surface area contributed by atoms with E-state index in [-0.39, 0.29) is 12.0 Å². The summed E-state index contributed by atoms with van der Waals surface area (Å²) in [5.74, 6) is 1.53. The van der Waals surface area contributed by atoms with Crippen molar-refractivity contribution in [3.63, 3.8) is 0 Å². The lowest BCUT2D eigenvalue weighted by molar-refractivity contribution is 0.102. The van der Waals surface area contributed by atoms with Crippen molar-refractivity contribution in [3.8, 4) is 23.1 Å². The summed E-state index contributed by atoms with van der Waals surface area (Å²) in [7, 11) is 4.55. The Hall–Kier alpha value is -2.96. The van der Waals surface area contributed by atoms with Gasteiger partial charge in [0.25, 0.3) is 5.91 Å². The number of benzene rings is 1. The van der Waals surface area contributed by atoms with E-state index in [4.69, 9.17) is 18.9 Å². The van der Waals surface area contributed by atoms with E-state index in [1.54, 1.807) is 24.3 Å². The van der Waals surface area contributed by atoms with Gasteiger partial charge in [-0.2, -0.15) is 0 Å². The SMILES string of the molecule is COc1cc(NC(=O)c2ccc(OC(C)C)nc2)cc(OC)c1OC. The fourth-order valence-electron chi connectivity index (χ4n) is 2.18. The smallest absolute Gasteiger partial charge is 0.257 e. The molecule has 0 radical (unpaired) electrons. The van der Waals surface area contributed by atoms with Crippen LogP contribution in [-0.2, 0) is 0 Å². The average Bonchev–Trinajstić information content (AvgIpc) is 2.60. The molecular weight excluding hydrogens is 324 g/mol. The molecule has 0 aliphatic heterocycles. The molecule has 134 valence electrons. The Kier molecular flexibility index (Phi) is 6.05. The van der Waals surface area contributed by atoms with Crippen molar-refractivity contribution in [2.75, 3.05) is 26.6 Å². The number of aromatic nitrogens is 1. The van der Waals surface area contributed by atoms with Crippen molar-refractivity contribution < 1.29 is 23.7 Å². The Bertz CT molecular complexity index is 704. The summed E-state index contributed by atoms with van der Waals surface area (Å²) in [4.78, 5) is 16.5. The number of methoxy groups -OCH3 is 3. The largest absolute Gasteiger partial charge is 0.493 e. The Morgan fingerprint density at radius 3 is 2.12 bits per heavy atom. The van der Waals surface area contributed by atoms with Crippen molar-refractivity contribution in [1.82, 2.24) is 4.98 Å². The predicted molar refractivity (Wildman–Crippen MR) is 94.1 cm³/mol. The van der Waals surface area contributed by atoms with Crippen molar-refractivity contribution in [1.29, 1.82) is 0 Å². The third kappa shape index (κ3) is 4.53. The average molecular weight is 346 g/mol. The molecule has 0 saturated heterocycles. The zero-order valence-corrected chi connectivity index (χ0v) is 15.0. The number of nitrogens with one attached hydrogen (secondary N) is 1. The number of nitrogens with zero attached hydrogens (tertiary/aromatic N) is 1. The van der Waals surface area contributed by atoms with Gasteiger partial charge in [-0.05, 0) is 19.9 Å². The molecule has 0 atom stereocenters. The summed E-state index contributed by atoms with van der Waals surface area (Å²) in [5.41, 5.74) is 0.923. The van der Waals surface area contributed by atoms with Gasteiger partial charge in [-0.1, -0.05) is 0 Å². The highest BCUT2D eigenvalue weighted by atomic mass is 16.5. The topological polar surface area (TPSA) is 78.9 Å². The molecular formula is C18H22N2O5. The molecule has 7 nitrogen and oxygen atoms in total. The van der Waals surface area contributed by atoms with E-state index < -0.39 is 0 Å². The van der Waals surface area contributed by atoms with Crippen LogP contribution >= 0.6 is 0 Å². The summed E-state index contributed by atoms with van der Waals surface area (Å²) in [5, 5.41) is 2.78. The quantitative estimate of drug-likeness (QED) is 0.830. The van der Waals surface area contributed by atoms with Crippen LogP contribution in [0.15, 0.2) is 30.5 Å². The van der Waals surface area contributed by atoms with Crippen LogP contribution in [0, 0.1) is 0 Å². The fraction of sp³-hybridized carbons (Fsp3) is 0.333. The zero-order chi connectivity index (χ0) is 18.4. The number of carbonyl (C=O) groups is 1. The van der Waals surface area contributed by atoms with Gasteiger partial charge >= 0.3 is 0 Å². The minimum atomic E-state index is -0.308. The second-order valence-corrected chi connectivity index (χ2v) is 5.42. The summed E-state index contributed by atoms with van der Waals surface area (Å²) in [6.45, 7) is 3.82. The van der Waals surface area contributed by atoms with Crippen LogP contribution < -0.4 is 24.3 Å². The van der Waals surface area contributed by atoms with Gasteiger partial charge in [0.05, 0.1) is 33.0 Å². The highest BCUT2D eigenvalue weighted by Gasteiger charge is 2.15. The highest BCUT2D eigenvalue weighted by molar-refractivity contribution is 6.04. The molecule has 1 amide bonds. The van der Waals surface area contributed by atoms with Crippen molar-refractivity contribution in [2.24, 2.45) is 0 Å². The highest BCUT2D eigenvalue weighted by Crippen LogP contribution is 2.40. The Morgan fingerprint density at radius 2 is 1.68 bits per heavy atom. The number of ether oxygens (including phenoxy) is 4. The Balaban J connectivity index is 2.19. The number of rotatable bonds is 7. The lowest BCUT2D eigenvalue weighted by Gasteiger charge is -2.14. The van der Waals surface area contributed by atoms with E-state index >= 15 is 0 Å². The second-order valence-electron chi connectivity index (χ2n) is 5.42. The molecule has 7 heteroatoms. The molecule has 0 spiro atoms. The molecule has 0 unspecified atom stereocenters. The first-order valence-electron chi connectivity index (χ1n) is 7.72. The molecule has 1 aromatic carbocycles. The fourth-order valence-corrected chi connectivity index (χ4v) is 2.18. The van der Waals surface area contributed by atoms with Gasteiger partial charge in [-0.15, -0.1) is 0 Å². The van der Waals surface area contributed by atoms with Crippen molar-refractivity contribution in [2.45, 2.75) is 20.0 Å². The maximum Gasteiger partial charge on any atom is 0.257 e. The third-order valence-electron chi connectivity index (χ3n) is 3.28. The van der Waals surface area contributed by atoms with Gasteiger partial charge in [0.2, 0.25) is 11.6 Å². The first-order chi connectivity index (χ1) is 12.0. The first-order valence-corrected chi connectivity index (χ1v) is 7.72. The standard InChI is InChI=1S/C18H22N2O5/c1-11(2)25-16-7-6-12(10-19-16)18(21)20-13-8-14(22-3)17(24-5)15(9-13)23-4/h6-11H,1-5H3,(H,20,21). The lowest BCUT2D eigenvalue weighted by Crippen LogP contribution is -2.13. The van der Waals surface area contributed by atoms with Crippen LogP contribution in [0.4, 0.5) is 5.69 Å². The number of hydrogen-bond donors (Lipinski definition) is 1. The van der Waals surface area contributed by atoms with Crippen molar-refractivity contribution in [3.05, 3.63) is 36.0 Å². The minimum Gasteiger partial charge on any atom is -0.493 e. The van der Waals surface area contributed by atoms with E-state index in [0.717, 1.165) is 0 Å². The second kappa shape index (κ2) is 8.23. The van der Waals surface area contributed by atoms with Gasteiger partial charge in [-0.25, -0.2) is 4.98 Å². The molecule has 25 heavy (non-hydrogen) atoms. The molecule has 0 fully saturated rings. The van der Waals surface area contributed by atoms with Crippen LogP contribution in [0.3, 0.4) is 0 Å². The monoisotopic (exact) mass is 346 g/mol. The van der Waals surface area contributed by atoms with Crippen LogP contribution in [0.5, 0.6) is 23.1 Å². The van der Waals surface area contributed by atoms with Crippen LogP contribution in [0.2, 0.25) is 0 Å². The van der Waals surface area contributed by atoms with Gasteiger partial charge in [0, 0.05) is 30.1 Å². The Morgan fingerprint density at radius 1 is 1.04 bits per heavy atom. The van der Waals surface area contributed by atoms with Gasteiger partial charge in [0.15, 0.2) is 11.5 Å². The number of amides is 1. The maximum absolute atomic E-state index is 12.4. The number of carbonyl (C=O) groups excluding carboxylic acids is 1. The third-order valence-corrected chi connectivity index (χ3v) is 3.28. The van der Waals surface area contributed by atoms with Gasteiger partial charge < -0.3 is 24.3 Å². The number of pyridine rings is 1. The predicted octanol–water partition coefficient (Wildman–Crippen LogP) is 3.15. The molecule has 1 aromatic heterocycles. The first kappa shape index (κ1) is 18.4. The van der Waals surface area contributed by atoms with E-state index in [1.165, 1.54) is 27.5 Å². The summed E-state index contributed by atoms with van der Waals surface area (Å²) in [6.07, 6.45) is 1.48. The minimum absolute atomic E-state index is 0.0198. The molecule has 1 N–H and O–H groups in total. The summed E-state index contributed by atoms with van der Waals surface area (Å²) in [6, 6.07) is 6.62. The Labute approximate surface area is 146 Å². The normalized spacial score (nSPS) is 10.3. The molecule has 1 heterocycles. The molecule has 0 aliphatic carbocycles. The van der Waals surface area contributed by atoms with E-state index in [1.807, 2.05) is 13.8 Å². The molecule has 2 rings (SSSR count).